The molecular weight excluding hydrogens is 324 g/mol. The van der Waals surface area contributed by atoms with Crippen LogP contribution in [0.1, 0.15) is 16.3 Å². The summed E-state index contributed by atoms with van der Waals surface area (Å²) in [6.07, 6.45) is 0. The summed E-state index contributed by atoms with van der Waals surface area (Å²) >= 11 is 1.21. The van der Waals surface area contributed by atoms with Crippen molar-refractivity contribution in [2.45, 2.75) is 11.1 Å². The predicted octanol–water partition coefficient (Wildman–Crippen LogP) is 1.80. The van der Waals surface area contributed by atoms with Crippen LogP contribution in [0.5, 0.6) is 0 Å². The highest BCUT2D eigenvalue weighted by molar-refractivity contribution is 7.91. The van der Waals surface area contributed by atoms with Gasteiger partial charge in [0.1, 0.15) is 9.97 Å². The van der Waals surface area contributed by atoms with Gasteiger partial charge in [-0.2, -0.15) is 4.31 Å². The molecule has 1 amide bonds. The molecule has 1 aliphatic heterocycles. The van der Waals surface area contributed by atoms with Crippen molar-refractivity contribution in [3.63, 3.8) is 0 Å². The van der Waals surface area contributed by atoms with Crippen LogP contribution >= 0.6 is 11.3 Å². The Balaban J connectivity index is 1.67. The largest absolute Gasteiger partial charge is 0.456 e. The molecule has 0 unspecified atom stereocenters. The van der Waals surface area contributed by atoms with Crippen molar-refractivity contribution >= 4 is 27.3 Å². The topological polar surface area (TPSA) is 70.8 Å². The van der Waals surface area contributed by atoms with E-state index in [1.165, 1.54) is 15.6 Å². The molecule has 0 bridgehead atoms. The lowest BCUT2D eigenvalue weighted by atomic mass is 10.3. The van der Waals surface area contributed by atoms with Crippen LogP contribution in [0.2, 0.25) is 0 Å². The average Bonchev–Trinajstić information content (AvgIpc) is 3.18. The SMILES string of the molecule is Cc1ccc(C(=O)N2CCN(S(=O)(=O)c3cccs3)CC2)o1. The Morgan fingerprint density at radius 3 is 2.45 bits per heavy atom. The first kappa shape index (κ1) is 15.3. The molecule has 0 radical (unpaired) electrons. The average molecular weight is 340 g/mol. The molecule has 118 valence electrons. The minimum absolute atomic E-state index is 0.193. The first-order valence-electron chi connectivity index (χ1n) is 6.88. The lowest BCUT2D eigenvalue weighted by Gasteiger charge is -2.33. The molecule has 0 atom stereocenters. The van der Waals surface area contributed by atoms with Gasteiger partial charge in [-0.25, -0.2) is 8.42 Å². The fourth-order valence-corrected chi connectivity index (χ4v) is 4.94. The van der Waals surface area contributed by atoms with Crippen LogP contribution in [0.4, 0.5) is 0 Å². The Morgan fingerprint density at radius 1 is 1.18 bits per heavy atom. The summed E-state index contributed by atoms with van der Waals surface area (Å²) in [6.45, 7) is 3.10. The van der Waals surface area contributed by atoms with E-state index in [2.05, 4.69) is 0 Å². The summed E-state index contributed by atoms with van der Waals surface area (Å²) < 4.78 is 31.9. The van der Waals surface area contributed by atoms with Crippen molar-refractivity contribution in [2.75, 3.05) is 26.2 Å². The van der Waals surface area contributed by atoms with E-state index in [0.717, 1.165) is 0 Å². The van der Waals surface area contributed by atoms with E-state index in [9.17, 15) is 13.2 Å². The van der Waals surface area contributed by atoms with Crippen LogP contribution in [-0.2, 0) is 10.0 Å². The lowest BCUT2D eigenvalue weighted by molar-refractivity contribution is 0.0664. The van der Waals surface area contributed by atoms with Crippen LogP contribution in [0, 0.1) is 6.92 Å². The van der Waals surface area contributed by atoms with Crippen LogP contribution in [-0.4, -0.2) is 49.7 Å². The quantitative estimate of drug-likeness (QED) is 0.854. The molecule has 8 heteroatoms. The van der Waals surface area contributed by atoms with E-state index in [0.29, 0.717) is 41.9 Å². The zero-order chi connectivity index (χ0) is 15.7. The number of aryl methyl sites for hydroxylation is 1. The maximum Gasteiger partial charge on any atom is 0.289 e. The summed E-state index contributed by atoms with van der Waals surface area (Å²) in [6, 6.07) is 6.71. The van der Waals surface area contributed by atoms with Gasteiger partial charge in [0, 0.05) is 26.2 Å². The lowest BCUT2D eigenvalue weighted by Crippen LogP contribution is -2.50. The fourth-order valence-electron chi connectivity index (χ4n) is 2.37. The summed E-state index contributed by atoms with van der Waals surface area (Å²) in [7, 11) is -3.44. The molecule has 0 saturated carbocycles. The minimum Gasteiger partial charge on any atom is -0.456 e. The number of rotatable bonds is 3. The standard InChI is InChI=1S/C14H16N2O4S2/c1-11-4-5-12(20-11)14(17)15-6-8-16(9-7-15)22(18,19)13-3-2-10-21-13/h2-5,10H,6-9H2,1H3. The number of furan rings is 1. The van der Waals surface area contributed by atoms with E-state index in [1.54, 1.807) is 41.5 Å². The molecular formula is C14H16N2O4S2. The van der Waals surface area contributed by atoms with Gasteiger partial charge < -0.3 is 9.32 Å². The molecule has 0 aliphatic carbocycles. The van der Waals surface area contributed by atoms with Crippen molar-refractivity contribution in [3.05, 3.63) is 41.2 Å². The van der Waals surface area contributed by atoms with Crippen molar-refractivity contribution < 1.29 is 17.6 Å². The Hall–Kier alpha value is -1.64. The molecule has 22 heavy (non-hydrogen) atoms. The van der Waals surface area contributed by atoms with Crippen molar-refractivity contribution in [3.8, 4) is 0 Å². The van der Waals surface area contributed by atoms with Gasteiger partial charge in [-0.3, -0.25) is 4.79 Å². The van der Waals surface area contributed by atoms with Crippen LogP contribution in [0.25, 0.3) is 0 Å². The summed E-state index contributed by atoms with van der Waals surface area (Å²) in [4.78, 5) is 13.9. The van der Waals surface area contributed by atoms with Gasteiger partial charge in [-0.05, 0) is 30.5 Å². The fraction of sp³-hybridized carbons (Fsp3) is 0.357. The number of nitrogens with zero attached hydrogens (tertiary/aromatic N) is 2. The molecule has 0 aromatic carbocycles. The van der Waals surface area contributed by atoms with Gasteiger partial charge in [0.05, 0.1) is 0 Å². The van der Waals surface area contributed by atoms with Crippen molar-refractivity contribution in [1.29, 1.82) is 0 Å². The maximum atomic E-state index is 12.4. The smallest absolute Gasteiger partial charge is 0.289 e. The monoisotopic (exact) mass is 340 g/mol. The third-order valence-corrected chi connectivity index (χ3v) is 6.84. The normalized spacial score (nSPS) is 16.9. The highest BCUT2D eigenvalue weighted by atomic mass is 32.2. The number of carbonyl (C=O) groups excluding carboxylic acids is 1. The second kappa shape index (κ2) is 5.86. The molecule has 3 heterocycles. The number of hydrogen-bond donors (Lipinski definition) is 0. The molecule has 3 rings (SSSR count). The Morgan fingerprint density at radius 2 is 1.91 bits per heavy atom. The van der Waals surface area contributed by atoms with Crippen molar-refractivity contribution in [2.24, 2.45) is 0 Å². The van der Waals surface area contributed by atoms with Gasteiger partial charge >= 0.3 is 0 Å². The second-order valence-corrected chi connectivity index (χ2v) is 8.15. The molecule has 1 aliphatic rings. The van der Waals surface area contributed by atoms with E-state index >= 15 is 0 Å². The number of thiophene rings is 1. The molecule has 1 fully saturated rings. The van der Waals surface area contributed by atoms with Crippen LogP contribution in [0.3, 0.4) is 0 Å². The van der Waals surface area contributed by atoms with E-state index in [4.69, 9.17) is 4.42 Å². The van der Waals surface area contributed by atoms with Gasteiger partial charge in [0.25, 0.3) is 15.9 Å². The van der Waals surface area contributed by atoms with Gasteiger partial charge in [-0.15, -0.1) is 11.3 Å². The number of hydrogen-bond acceptors (Lipinski definition) is 5. The minimum atomic E-state index is -3.44. The first-order valence-corrected chi connectivity index (χ1v) is 9.20. The Kier molecular flexibility index (Phi) is 4.07. The molecule has 0 N–H and O–H groups in total. The summed E-state index contributed by atoms with van der Waals surface area (Å²) in [5.41, 5.74) is 0. The predicted molar refractivity (Wildman–Crippen MR) is 82.4 cm³/mol. The summed E-state index contributed by atoms with van der Waals surface area (Å²) in [5, 5.41) is 1.74. The number of carbonyl (C=O) groups is 1. The number of sulfonamides is 1. The highest BCUT2D eigenvalue weighted by Crippen LogP contribution is 2.22. The van der Waals surface area contributed by atoms with Crippen molar-refractivity contribution in [1.82, 2.24) is 9.21 Å². The van der Waals surface area contributed by atoms with E-state index < -0.39 is 10.0 Å². The third kappa shape index (κ3) is 2.81. The molecule has 6 nitrogen and oxygen atoms in total. The maximum absolute atomic E-state index is 12.4. The zero-order valence-corrected chi connectivity index (χ0v) is 13.7. The van der Waals surface area contributed by atoms with E-state index in [1.807, 2.05) is 0 Å². The Labute approximate surface area is 133 Å². The van der Waals surface area contributed by atoms with Gasteiger partial charge in [0.15, 0.2) is 5.76 Å². The van der Waals surface area contributed by atoms with Crippen LogP contribution < -0.4 is 0 Å². The summed E-state index contributed by atoms with van der Waals surface area (Å²) in [5.74, 6) is 0.788. The molecule has 2 aromatic rings. The molecule has 0 spiro atoms. The molecule has 2 aromatic heterocycles. The second-order valence-electron chi connectivity index (χ2n) is 5.04. The zero-order valence-electron chi connectivity index (χ0n) is 12.1. The van der Waals surface area contributed by atoms with E-state index in [-0.39, 0.29) is 5.91 Å². The number of piperazine rings is 1. The number of amides is 1. The first-order chi connectivity index (χ1) is 10.5. The molecule has 1 saturated heterocycles. The van der Waals surface area contributed by atoms with Crippen LogP contribution in [0.15, 0.2) is 38.3 Å². The van der Waals surface area contributed by atoms with Gasteiger partial charge in [0.2, 0.25) is 0 Å². The highest BCUT2D eigenvalue weighted by Gasteiger charge is 2.31. The Bertz CT molecular complexity index is 757. The van der Waals surface area contributed by atoms with Gasteiger partial charge in [-0.1, -0.05) is 6.07 Å². The third-order valence-electron chi connectivity index (χ3n) is 3.57.